The summed E-state index contributed by atoms with van der Waals surface area (Å²) < 4.78 is 11.3. The molecule has 3 heterocycles. The number of nitrogens with one attached hydrogen (secondary N) is 1. The van der Waals surface area contributed by atoms with Crippen LogP contribution in [-0.2, 0) is 9.47 Å². The van der Waals surface area contributed by atoms with Crippen LogP contribution >= 0.6 is 0 Å². The number of hydrogen-bond acceptors (Lipinski definition) is 10. The molecule has 5 rings (SSSR count). The molecule has 0 aliphatic carbocycles. The van der Waals surface area contributed by atoms with Gasteiger partial charge in [0, 0.05) is 18.6 Å². The third-order valence-electron chi connectivity index (χ3n) is 5.87. The van der Waals surface area contributed by atoms with Gasteiger partial charge in [0.15, 0.2) is 6.29 Å². The number of hydrazone groups is 1. The van der Waals surface area contributed by atoms with Crippen molar-refractivity contribution < 1.29 is 33.7 Å². The second-order valence-corrected chi connectivity index (χ2v) is 7.93. The maximum Gasteiger partial charge on any atom is 0.277 e. The van der Waals surface area contributed by atoms with Crippen LogP contribution in [0.5, 0.6) is 0 Å². The lowest BCUT2D eigenvalue weighted by molar-refractivity contribution is -0.394. The Kier molecular flexibility index (Phi) is 5.30. The zero-order valence-electron chi connectivity index (χ0n) is 17.7. The highest BCUT2D eigenvalue weighted by molar-refractivity contribution is 6.21. The first-order valence-electron chi connectivity index (χ1n) is 10.3. The molecular formula is C21H15N5O9. The number of nitro groups is 2. The number of carbonyl (C=O) groups is 3. The molecular weight excluding hydrogens is 466 g/mol. The molecule has 3 amide bonds. The van der Waals surface area contributed by atoms with Crippen molar-refractivity contribution in [2.75, 3.05) is 6.61 Å². The van der Waals surface area contributed by atoms with Gasteiger partial charge in [-0.2, -0.15) is 5.10 Å². The number of nitro benzene ring substituents is 2. The fraction of sp³-hybridized carbons (Fsp3) is 0.238. The summed E-state index contributed by atoms with van der Waals surface area (Å²) in [5.41, 5.74) is 1.30. The number of amides is 3. The minimum Gasteiger partial charge on any atom is -0.344 e. The molecule has 178 valence electrons. The topological polar surface area (TPSA) is 184 Å². The summed E-state index contributed by atoms with van der Waals surface area (Å²) in [7, 11) is 0. The molecule has 14 nitrogen and oxygen atoms in total. The summed E-state index contributed by atoms with van der Waals surface area (Å²) in [6.07, 6.45) is -1.46. The maximum atomic E-state index is 12.9. The van der Waals surface area contributed by atoms with E-state index in [1.165, 1.54) is 0 Å². The predicted octanol–water partition coefficient (Wildman–Crippen LogP) is 1.40. The van der Waals surface area contributed by atoms with Gasteiger partial charge in [0.25, 0.3) is 29.1 Å². The van der Waals surface area contributed by atoms with Crippen LogP contribution in [0.4, 0.5) is 11.4 Å². The Morgan fingerprint density at radius 2 is 1.63 bits per heavy atom. The van der Waals surface area contributed by atoms with Crippen LogP contribution in [0.3, 0.4) is 0 Å². The van der Waals surface area contributed by atoms with E-state index in [2.05, 4.69) is 10.5 Å². The van der Waals surface area contributed by atoms with Crippen molar-refractivity contribution in [1.82, 2.24) is 10.3 Å². The highest BCUT2D eigenvalue weighted by atomic mass is 16.7. The van der Waals surface area contributed by atoms with Gasteiger partial charge >= 0.3 is 0 Å². The Labute approximate surface area is 195 Å². The third-order valence-corrected chi connectivity index (χ3v) is 5.87. The van der Waals surface area contributed by atoms with E-state index in [0.717, 1.165) is 23.1 Å². The van der Waals surface area contributed by atoms with Crippen molar-refractivity contribution in [3.63, 3.8) is 0 Å². The molecule has 3 atom stereocenters. The zero-order valence-corrected chi connectivity index (χ0v) is 17.7. The van der Waals surface area contributed by atoms with Gasteiger partial charge in [-0.3, -0.25) is 39.5 Å². The van der Waals surface area contributed by atoms with E-state index >= 15 is 0 Å². The van der Waals surface area contributed by atoms with Gasteiger partial charge in [-0.05, 0) is 12.1 Å². The fourth-order valence-electron chi connectivity index (χ4n) is 4.23. The standard InChI is InChI=1S/C21H15N5O9/c27-18(10-5-11(25(30)31)7-12(6-10)26(32)33)23-22-15-8-16(17-9-34-21(15)35-17)24-19(28)13-3-1-2-4-14(13)20(24)29/h1-7,16-17,21H,8-9H2,(H,23,27)/b22-15-/t16-,17+,21+/m0/s1. The highest BCUT2D eigenvalue weighted by Crippen LogP contribution is 2.34. The van der Waals surface area contributed by atoms with Crippen LogP contribution in [0.1, 0.15) is 37.5 Å². The van der Waals surface area contributed by atoms with Crippen LogP contribution in [0.2, 0.25) is 0 Å². The monoisotopic (exact) mass is 481 g/mol. The molecule has 0 saturated carbocycles. The van der Waals surface area contributed by atoms with Crippen molar-refractivity contribution >= 4 is 34.8 Å². The van der Waals surface area contributed by atoms with Crippen LogP contribution in [0, 0.1) is 20.2 Å². The second kappa shape index (κ2) is 8.34. The van der Waals surface area contributed by atoms with Crippen molar-refractivity contribution in [2.45, 2.75) is 24.9 Å². The number of hydrogen-bond donors (Lipinski definition) is 1. The number of benzene rings is 2. The minimum absolute atomic E-state index is 0.0518. The van der Waals surface area contributed by atoms with Gasteiger partial charge in [0.1, 0.15) is 6.10 Å². The summed E-state index contributed by atoms with van der Waals surface area (Å²) in [4.78, 5) is 59.9. The van der Waals surface area contributed by atoms with Crippen molar-refractivity contribution in [2.24, 2.45) is 5.10 Å². The number of fused-ring (bicyclic) bond motifs is 3. The van der Waals surface area contributed by atoms with Crippen molar-refractivity contribution in [3.05, 3.63) is 79.4 Å². The smallest absolute Gasteiger partial charge is 0.277 e. The molecule has 2 aromatic carbocycles. The summed E-state index contributed by atoms with van der Waals surface area (Å²) in [5.74, 6) is -1.89. The number of rotatable bonds is 5. The maximum absolute atomic E-state index is 12.9. The molecule has 2 aromatic rings. The summed E-state index contributed by atoms with van der Waals surface area (Å²) in [6.45, 7) is 0.0901. The highest BCUT2D eigenvalue weighted by Gasteiger charge is 2.50. The predicted molar refractivity (Wildman–Crippen MR) is 115 cm³/mol. The van der Waals surface area contributed by atoms with Crippen LogP contribution < -0.4 is 5.43 Å². The van der Waals surface area contributed by atoms with Crippen LogP contribution in [0.15, 0.2) is 47.6 Å². The van der Waals surface area contributed by atoms with Crippen LogP contribution in [0.25, 0.3) is 0 Å². The molecule has 2 bridgehead atoms. The molecule has 0 spiro atoms. The van der Waals surface area contributed by atoms with Gasteiger partial charge in [-0.25, -0.2) is 5.43 Å². The molecule has 2 fully saturated rings. The summed E-state index contributed by atoms with van der Waals surface area (Å²) >= 11 is 0. The molecule has 0 unspecified atom stereocenters. The molecule has 14 heteroatoms. The summed E-state index contributed by atoms with van der Waals surface area (Å²) in [6, 6.07) is 8.17. The first-order valence-corrected chi connectivity index (χ1v) is 10.3. The Hall–Kier alpha value is -4.56. The first-order chi connectivity index (χ1) is 16.7. The first kappa shape index (κ1) is 22.2. The van der Waals surface area contributed by atoms with Gasteiger partial charge in [-0.1, -0.05) is 12.1 Å². The molecule has 1 N–H and O–H groups in total. The lowest BCUT2D eigenvalue weighted by atomic mass is 10.0. The van der Waals surface area contributed by atoms with E-state index < -0.39 is 57.4 Å². The molecule has 3 aliphatic heterocycles. The van der Waals surface area contributed by atoms with E-state index in [1.807, 2.05) is 0 Å². The van der Waals surface area contributed by atoms with E-state index in [1.54, 1.807) is 24.3 Å². The van der Waals surface area contributed by atoms with Crippen molar-refractivity contribution in [1.29, 1.82) is 0 Å². The third kappa shape index (κ3) is 3.79. The average Bonchev–Trinajstić information content (AvgIpc) is 3.38. The van der Waals surface area contributed by atoms with E-state index in [0.29, 0.717) is 0 Å². The Bertz CT molecular complexity index is 1270. The van der Waals surface area contributed by atoms with E-state index in [4.69, 9.17) is 9.47 Å². The number of ether oxygens (including phenoxy) is 2. The Balaban J connectivity index is 1.38. The van der Waals surface area contributed by atoms with E-state index in [-0.39, 0.29) is 35.4 Å². The quantitative estimate of drug-likeness (QED) is 0.374. The van der Waals surface area contributed by atoms with Gasteiger partial charge in [0.2, 0.25) is 0 Å². The number of carbonyl (C=O) groups excluding carboxylic acids is 3. The molecule has 0 radical (unpaired) electrons. The van der Waals surface area contributed by atoms with Gasteiger partial charge in [0.05, 0.1) is 51.0 Å². The zero-order chi connectivity index (χ0) is 24.9. The van der Waals surface area contributed by atoms with Gasteiger partial charge in [-0.15, -0.1) is 0 Å². The lowest BCUT2D eigenvalue weighted by Gasteiger charge is -2.33. The van der Waals surface area contributed by atoms with Crippen LogP contribution in [-0.4, -0.2) is 63.2 Å². The Morgan fingerprint density at radius 1 is 1.03 bits per heavy atom. The number of non-ortho nitro benzene ring substituents is 2. The lowest BCUT2D eigenvalue weighted by Crippen LogP contribution is -2.52. The molecule has 3 aliphatic rings. The molecule has 35 heavy (non-hydrogen) atoms. The average molecular weight is 481 g/mol. The largest absolute Gasteiger partial charge is 0.344 e. The number of nitrogens with zero attached hydrogens (tertiary/aromatic N) is 4. The second-order valence-electron chi connectivity index (χ2n) is 7.93. The minimum atomic E-state index is -0.943. The SMILES string of the molecule is O=C(N/N=C1/C[C@H](N2C(=O)c3ccccc3C2=O)[C@H]2CO[C@@H]1O2)c1cc([N+](=O)[O-])cc([N+](=O)[O-])c1. The Morgan fingerprint density at radius 3 is 2.20 bits per heavy atom. The van der Waals surface area contributed by atoms with Gasteiger partial charge < -0.3 is 9.47 Å². The summed E-state index contributed by atoms with van der Waals surface area (Å²) in [5, 5.41) is 26.1. The molecule has 2 saturated heterocycles. The fourth-order valence-corrected chi connectivity index (χ4v) is 4.23. The normalized spacial score (nSPS) is 23.9. The van der Waals surface area contributed by atoms with E-state index in [9.17, 15) is 34.6 Å². The van der Waals surface area contributed by atoms with Crippen molar-refractivity contribution in [3.8, 4) is 0 Å². The number of imide groups is 1. The molecule has 0 aromatic heterocycles.